The minimum absolute atomic E-state index is 0.0302. The molecular weight excluding hydrogens is 414 g/mol. The fourth-order valence-electron chi connectivity index (χ4n) is 3.87. The van der Waals surface area contributed by atoms with Gasteiger partial charge in [-0.2, -0.15) is 0 Å². The van der Waals surface area contributed by atoms with Crippen LogP contribution >= 0.6 is 0 Å². The predicted molar refractivity (Wildman–Crippen MR) is 116 cm³/mol. The molecule has 1 aromatic carbocycles. The minimum Gasteiger partial charge on any atom is -0.397 e. The molecule has 0 atom stereocenters. The van der Waals surface area contributed by atoms with Gasteiger partial charge in [-0.25, -0.2) is 8.78 Å². The van der Waals surface area contributed by atoms with Gasteiger partial charge in [-0.15, -0.1) is 0 Å². The van der Waals surface area contributed by atoms with Crippen LogP contribution in [0.1, 0.15) is 17.0 Å². The quantitative estimate of drug-likeness (QED) is 0.612. The van der Waals surface area contributed by atoms with E-state index in [9.17, 15) is 13.6 Å². The summed E-state index contributed by atoms with van der Waals surface area (Å²) in [7, 11) is 1.64. The maximum atomic E-state index is 14.1. The lowest BCUT2D eigenvalue weighted by Crippen LogP contribution is -2.51. The Hall–Kier alpha value is -3.39. The van der Waals surface area contributed by atoms with E-state index < -0.39 is 11.6 Å². The van der Waals surface area contributed by atoms with Gasteiger partial charge in [-0.05, 0) is 54.3 Å². The number of nitrogen functional groups attached to an aromatic ring is 1. The molecule has 2 aromatic heterocycles. The summed E-state index contributed by atoms with van der Waals surface area (Å²) in [5.74, 6) is -1.07. The number of halogens is 2. The summed E-state index contributed by atoms with van der Waals surface area (Å²) in [5, 5.41) is 0. The van der Waals surface area contributed by atoms with E-state index >= 15 is 0 Å². The average Bonchev–Trinajstić information content (AvgIpc) is 2.73. The number of benzene rings is 1. The highest BCUT2D eigenvalue weighted by atomic mass is 19.1. The summed E-state index contributed by atoms with van der Waals surface area (Å²) in [5.41, 5.74) is 9.28. The van der Waals surface area contributed by atoms with Crippen molar-refractivity contribution in [2.24, 2.45) is 5.92 Å². The van der Waals surface area contributed by atoms with Gasteiger partial charge in [0.2, 0.25) is 5.91 Å². The Bertz CT molecular complexity index is 1130. The third kappa shape index (κ3) is 4.91. The molecule has 0 bridgehead atoms. The molecule has 32 heavy (non-hydrogen) atoms. The second-order valence-corrected chi connectivity index (χ2v) is 7.99. The van der Waals surface area contributed by atoms with Crippen molar-refractivity contribution < 1.29 is 18.3 Å². The maximum Gasteiger partial charge on any atom is 0.228 e. The molecule has 0 unspecified atom stereocenters. The van der Waals surface area contributed by atoms with E-state index in [1.54, 1.807) is 30.3 Å². The van der Waals surface area contributed by atoms with Crippen molar-refractivity contribution >= 4 is 11.6 Å². The molecule has 1 amide bonds. The van der Waals surface area contributed by atoms with Crippen molar-refractivity contribution in [3.63, 3.8) is 0 Å². The van der Waals surface area contributed by atoms with E-state index in [0.29, 0.717) is 42.7 Å². The molecule has 2 N–H and O–H groups in total. The second kappa shape index (κ2) is 9.40. The van der Waals surface area contributed by atoms with Crippen molar-refractivity contribution in [1.82, 2.24) is 14.9 Å². The predicted octanol–water partition coefficient (Wildman–Crippen LogP) is 3.39. The van der Waals surface area contributed by atoms with Gasteiger partial charge in [-0.1, -0.05) is 0 Å². The molecule has 0 spiro atoms. The number of carbonyl (C=O) groups excluding carboxylic acids is 1. The van der Waals surface area contributed by atoms with Gasteiger partial charge in [0.05, 0.1) is 35.8 Å². The highest BCUT2D eigenvalue weighted by molar-refractivity contribution is 5.81. The molecule has 1 fully saturated rings. The Kier molecular flexibility index (Phi) is 6.41. The number of likely N-dealkylation sites (tertiary alicyclic amines) is 1. The molecule has 0 radical (unpaired) electrons. The Morgan fingerprint density at radius 3 is 2.75 bits per heavy atom. The lowest BCUT2D eigenvalue weighted by atomic mass is 9.92. The number of hydrogen-bond acceptors (Lipinski definition) is 5. The minimum atomic E-state index is -0.713. The topological polar surface area (TPSA) is 81.3 Å². The van der Waals surface area contributed by atoms with Crippen LogP contribution in [0.2, 0.25) is 0 Å². The molecule has 1 aliphatic heterocycles. The summed E-state index contributed by atoms with van der Waals surface area (Å²) in [6, 6.07) is 10.5. The number of nitrogens with two attached hydrogens (primary N) is 1. The van der Waals surface area contributed by atoms with Crippen LogP contribution in [0, 0.1) is 17.6 Å². The highest BCUT2D eigenvalue weighted by Gasteiger charge is 2.31. The first-order valence-electron chi connectivity index (χ1n) is 10.3. The molecule has 4 rings (SSSR count). The molecule has 3 aromatic rings. The average molecular weight is 438 g/mol. The fraction of sp³-hybridized carbons (Fsp3) is 0.292. The van der Waals surface area contributed by atoms with Crippen molar-refractivity contribution in [2.75, 3.05) is 25.9 Å². The standard InChI is InChI=1S/C24H24F2N4O2/c1-32-14-18-9-15(6-7-28-18)8-16-12-30(13-16)24(31)11-23-21(27)4-5-22(29-23)19-3-2-17(25)10-20(19)26/h2-7,9-10,16H,8,11-14,27H2,1H3. The van der Waals surface area contributed by atoms with E-state index in [1.807, 2.05) is 12.1 Å². The van der Waals surface area contributed by atoms with Crippen LogP contribution in [-0.4, -0.2) is 41.0 Å². The Morgan fingerprint density at radius 1 is 1.19 bits per heavy atom. The SMILES string of the molecule is COCc1cc(CC2CN(C(=O)Cc3nc(-c4ccc(F)cc4F)ccc3N)C2)ccn1. The van der Waals surface area contributed by atoms with E-state index in [4.69, 9.17) is 10.5 Å². The third-order valence-electron chi connectivity index (χ3n) is 5.54. The largest absolute Gasteiger partial charge is 0.397 e. The number of rotatable bonds is 7. The number of amides is 1. The molecule has 1 aliphatic rings. The van der Waals surface area contributed by atoms with Crippen molar-refractivity contribution in [3.8, 4) is 11.3 Å². The number of ether oxygens (including phenoxy) is 1. The molecular formula is C24H24F2N4O2. The smallest absolute Gasteiger partial charge is 0.228 e. The Morgan fingerprint density at radius 2 is 2.00 bits per heavy atom. The summed E-state index contributed by atoms with van der Waals surface area (Å²) in [4.78, 5) is 23.1. The number of pyridine rings is 2. The number of aromatic nitrogens is 2. The normalized spacial score (nSPS) is 13.8. The lowest BCUT2D eigenvalue weighted by Gasteiger charge is -2.39. The first-order chi connectivity index (χ1) is 15.4. The van der Waals surface area contributed by atoms with Crippen molar-refractivity contribution in [3.05, 3.63) is 77.2 Å². The van der Waals surface area contributed by atoms with Gasteiger partial charge in [0.15, 0.2) is 0 Å². The van der Waals surface area contributed by atoms with Gasteiger partial charge >= 0.3 is 0 Å². The molecule has 1 saturated heterocycles. The van der Waals surface area contributed by atoms with Crippen LogP contribution in [-0.2, 0) is 29.0 Å². The van der Waals surface area contributed by atoms with Gasteiger partial charge in [0, 0.05) is 38.0 Å². The van der Waals surface area contributed by atoms with Gasteiger partial charge < -0.3 is 15.4 Å². The number of anilines is 1. The first kappa shape index (κ1) is 21.8. The third-order valence-corrected chi connectivity index (χ3v) is 5.54. The molecule has 166 valence electrons. The fourth-order valence-corrected chi connectivity index (χ4v) is 3.87. The Labute approximate surface area is 185 Å². The van der Waals surface area contributed by atoms with Gasteiger partial charge in [0.25, 0.3) is 0 Å². The highest BCUT2D eigenvalue weighted by Crippen LogP contribution is 2.26. The molecule has 6 nitrogen and oxygen atoms in total. The van der Waals surface area contributed by atoms with Gasteiger partial charge in [0.1, 0.15) is 11.6 Å². The van der Waals surface area contributed by atoms with Crippen molar-refractivity contribution in [1.29, 1.82) is 0 Å². The monoisotopic (exact) mass is 438 g/mol. The van der Waals surface area contributed by atoms with Crippen LogP contribution in [0.4, 0.5) is 14.5 Å². The van der Waals surface area contributed by atoms with Crippen LogP contribution in [0.25, 0.3) is 11.3 Å². The summed E-state index contributed by atoms with van der Waals surface area (Å²) in [6.45, 7) is 1.79. The van der Waals surface area contributed by atoms with E-state index in [0.717, 1.165) is 18.2 Å². The van der Waals surface area contributed by atoms with Crippen LogP contribution in [0.5, 0.6) is 0 Å². The zero-order valence-electron chi connectivity index (χ0n) is 17.7. The number of nitrogens with zero attached hydrogens (tertiary/aromatic N) is 3. The molecule has 0 aliphatic carbocycles. The van der Waals surface area contributed by atoms with Gasteiger partial charge in [-0.3, -0.25) is 14.8 Å². The van der Waals surface area contributed by atoms with Crippen molar-refractivity contribution in [2.45, 2.75) is 19.4 Å². The van der Waals surface area contributed by atoms with E-state index in [-0.39, 0.29) is 17.9 Å². The molecule has 8 heteroatoms. The second-order valence-electron chi connectivity index (χ2n) is 7.99. The van der Waals surface area contributed by atoms with Crippen LogP contribution < -0.4 is 5.73 Å². The number of hydrogen-bond donors (Lipinski definition) is 1. The first-order valence-corrected chi connectivity index (χ1v) is 10.3. The lowest BCUT2D eigenvalue weighted by molar-refractivity contribution is -0.136. The zero-order chi connectivity index (χ0) is 22.7. The number of carbonyl (C=O) groups is 1. The van der Waals surface area contributed by atoms with E-state index in [2.05, 4.69) is 9.97 Å². The summed E-state index contributed by atoms with van der Waals surface area (Å²) < 4.78 is 32.4. The van der Waals surface area contributed by atoms with E-state index in [1.165, 1.54) is 17.7 Å². The maximum absolute atomic E-state index is 14.1. The summed E-state index contributed by atoms with van der Waals surface area (Å²) in [6.07, 6.45) is 2.67. The number of methoxy groups -OCH3 is 1. The summed E-state index contributed by atoms with van der Waals surface area (Å²) >= 11 is 0. The Balaban J connectivity index is 1.37. The van der Waals surface area contributed by atoms with Crippen LogP contribution in [0.15, 0.2) is 48.7 Å². The van der Waals surface area contributed by atoms with Crippen LogP contribution in [0.3, 0.4) is 0 Å². The molecule has 3 heterocycles. The zero-order valence-corrected chi connectivity index (χ0v) is 17.7. The molecule has 0 saturated carbocycles.